The number of anilines is 1. The number of nitrogens with zero attached hydrogens (tertiary/aromatic N) is 1. The second kappa shape index (κ2) is 7.03. The van der Waals surface area contributed by atoms with Gasteiger partial charge in [0.15, 0.2) is 16.7 Å². The van der Waals surface area contributed by atoms with Gasteiger partial charge >= 0.3 is 0 Å². The molecule has 1 unspecified atom stereocenters. The molecular formula is C18H19N3O4S. The lowest BCUT2D eigenvalue weighted by atomic mass is 9.86. The summed E-state index contributed by atoms with van der Waals surface area (Å²) in [7, 11) is 0. The van der Waals surface area contributed by atoms with Gasteiger partial charge in [0, 0.05) is 18.1 Å². The maximum atomic E-state index is 12.7. The van der Waals surface area contributed by atoms with Crippen molar-refractivity contribution in [1.82, 2.24) is 9.97 Å². The lowest BCUT2D eigenvalue weighted by Gasteiger charge is -2.26. The van der Waals surface area contributed by atoms with Crippen LogP contribution < -0.4 is 20.3 Å². The Morgan fingerprint density at radius 3 is 2.85 bits per heavy atom. The first-order valence-electron chi connectivity index (χ1n) is 8.62. The van der Waals surface area contributed by atoms with Gasteiger partial charge in [-0.25, -0.2) is 4.98 Å². The van der Waals surface area contributed by atoms with Crippen LogP contribution >= 0.6 is 11.8 Å². The largest absolute Gasteiger partial charge is 0.486 e. The van der Waals surface area contributed by atoms with E-state index in [2.05, 4.69) is 22.2 Å². The molecular weight excluding hydrogens is 354 g/mol. The third-order valence-electron chi connectivity index (χ3n) is 4.34. The number of rotatable bonds is 4. The minimum Gasteiger partial charge on any atom is -0.486 e. The van der Waals surface area contributed by atoms with E-state index >= 15 is 0 Å². The average Bonchev–Trinajstić information content (AvgIpc) is 2.65. The second-order valence-corrected chi connectivity index (χ2v) is 7.27. The topological polar surface area (TPSA) is 93.3 Å². The number of benzene rings is 1. The summed E-state index contributed by atoms with van der Waals surface area (Å²) in [6.45, 7) is 3.06. The quantitative estimate of drug-likeness (QED) is 0.632. The number of aromatic amines is 1. The zero-order chi connectivity index (χ0) is 18.1. The monoisotopic (exact) mass is 373 g/mol. The van der Waals surface area contributed by atoms with Crippen LogP contribution in [0.1, 0.15) is 36.8 Å². The first kappa shape index (κ1) is 17.0. The Kier molecular flexibility index (Phi) is 4.58. The van der Waals surface area contributed by atoms with Crippen LogP contribution in [0.15, 0.2) is 28.2 Å². The van der Waals surface area contributed by atoms with E-state index in [0.717, 1.165) is 17.7 Å². The summed E-state index contributed by atoms with van der Waals surface area (Å²) >= 11 is 1.47. The van der Waals surface area contributed by atoms with Crippen LogP contribution in [0.4, 0.5) is 5.82 Å². The molecule has 0 bridgehead atoms. The van der Waals surface area contributed by atoms with Crippen molar-refractivity contribution in [2.24, 2.45) is 0 Å². The number of thioether (sulfide) groups is 1. The van der Waals surface area contributed by atoms with Crippen LogP contribution in [0.2, 0.25) is 0 Å². The van der Waals surface area contributed by atoms with E-state index < -0.39 is 0 Å². The van der Waals surface area contributed by atoms with Gasteiger partial charge in [0.1, 0.15) is 19.0 Å². The minimum absolute atomic E-state index is 0.151. The van der Waals surface area contributed by atoms with E-state index in [0.29, 0.717) is 41.3 Å². The highest BCUT2D eigenvalue weighted by Crippen LogP contribution is 2.39. The molecule has 4 rings (SSSR count). The van der Waals surface area contributed by atoms with Crippen molar-refractivity contribution < 1.29 is 14.3 Å². The molecule has 3 heterocycles. The molecule has 2 aliphatic rings. The van der Waals surface area contributed by atoms with E-state index in [1.165, 1.54) is 11.8 Å². The van der Waals surface area contributed by atoms with Crippen LogP contribution in [0.3, 0.4) is 0 Å². The number of fused-ring (bicyclic) bond motifs is 2. The van der Waals surface area contributed by atoms with Crippen molar-refractivity contribution in [3.8, 4) is 11.5 Å². The summed E-state index contributed by atoms with van der Waals surface area (Å²) in [5.74, 6) is 2.00. The molecule has 1 amide bonds. The van der Waals surface area contributed by atoms with Gasteiger partial charge in [0.25, 0.3) is 5.56 Å². The zero-order valence-corrected chi connectivity index (χ0v) is 15.1. The van der Waals surface area contributed by atoms with E-state index in [1.54, 1.807) is 0 Å². The van der Waals surface area contributed by atoms with Crippen molar-refractivity contribution >= 4 is 23.5 Å². The number of H-pyrrole nitrogens is 1. The third kappa shape index (κ3) is 3.16. The smallest absolute Gasteiger partial charge is 0.257 e. The molecule has 1 aromatic carbocycles. The predicted molar refractivity (Wildman–Crippen MR) is 98.4 cm³/mol. The van der Waals surface area contributed by atoms with E-state index in [-0.39, 0.29) is 23.8 Å². The van der Waals surface area contributed by atoms with Crippen LogP contribution in [0, 0.1) is 0 Å². The first-order chi connectivity index (χ1) is 12.7. The van der Waals surface area contributed by atoms with Crippen molar-refractivity contribution in [1.29, 1.82) is 0 Å². The Bertz CT molecular complexity index is 912. The molecule has 7 nitrogen and oxygen atoms in total. The zero-order valence-electron chi connectivity index (χ0n) is 14.3. The van der Waals surface area contributed by atoms with Gasteiger partial charge < -0.3 is 19.8 Å². The molecule has 2 aliphatic heterocycles. The highest BCUT2D eigenvalue weighted by Gasteiger charge is 2.31. The molecule has 2 aromatic rings. The van der Waals surface area contributed by atoms with Gasteiger partial charge in [0.2, 0.25) is 5.91 Å². The summed E-state index contributed by atoms with van der Waals surface area (Å²) in [5.41, 5.74) is 1.11. The average molecular weight is 373 g/mol. The van der Waals surface area contributed by atoms with E-state index in [9.17, 15) is 9.59 Å². The van der Waals surface area contributed by atoms with Gasteiger partial charge in [-0.2, -0.15) is 0 Å². The number of hydrogen-bond acceptors (Lipinski definition) is 6. The number of ether oxygens (including phenoxy) is 2. The second-order valence-electron chi connectivity index (χ2n) is 6.19. The molecule has 0 saturated carbocycles. The first-order valence-corrected chi connectivity index (χ1v) is 9.60. The number of nitrogens with one attached hydrogen (secondary N) is 2. The number of carbonyl (C=O) groups is 1. The Hall–Kier alpha value is -2.48. The maximum absolute atomic E-state index is 12.7. The number of hydrogen-bond donors (Lipinski definition) is 2. The number of carbonyl (C=O) groups excluding carboxylic acids is 1. The Morgan fingerprint density at radius 2 is 2.04 bits per heavy atom. The maximum Gasteiger partial charge on any atom is 0.257 e. The summed E-state index contributed by atoms with van der Waals surface area (Å²) in [6, 6.07) is 5.55. The molecule has 1 aromatic heterocycles. The molecule has 1 atom stereocenters. The SMILES string of the molecule is CCCSc1nc2c(c(=O)[nH]1)C(c1ccc3c(c1)OCCO3)CC(=O)N2. The number of amides is 1. The third-order valence-corrected chi connectivity index (χ3v) is 5.42. The van der Waals surface area contributed by atoms with Crippen molar-refractivity contribution in [2.45, 2.75) is 30.8 Å². The van der Waals surface area contributed by atoms with Crippen LogP contribution in [0.5, 0.6) is 11.5 Å². The molecule has 0 aliphatic carbocycles. The fourth-order valence-electron chi connectivity index (χ4n) is 3.18. The predicted octanol–water partition coefficient (Wildman–Crippen LogP) is 2.52. The van der Waals surface area contributed by atoms with E-state index in [1.807, 2.05) is 18.2 Å². The van der Waals surface area contributed by atoms with Gasteiger partial charge in [-0.1, -0.05) is 24.8 Å². The highest BCUT2D eigenvalue weighted by molar-refractivity contribution is 7.99. The lowest BCUT2D eigenvalue weighted by Crippen LogP contribution is -2.31. The van der Waals surface area contributed by atoms with E-state index in [4.69, 9.17) is 9.47 Å². The molecule has 2 N–H and O–H groups in total. The summed E-state index contributed by atoms with van der Waals surface area (Å²) < 4.78 is 11.2. The summed E-state index contributed by atoms with van der Waals surface area (Å²) in [5, 5.41) is 3.27. The van der Waals surface area contributed by atoms with Gasteiger partial charge in [-0.15, -0.1) is 0 Å². The summed E-state index contributed by atoms with van der Waals surface area (Å²) in [6.07, 6.45) is 1.16. The fourth-order valence-corrected chi connectivity index (χ4v) is 3.90. The number of aromatic nitrogens is 2. The molecule has 8 heteroatoms. The minimum atomic E-state index is -0.365. The van der Waals surface area contributed by atoms with Crippen molar-refractivity contribution in [3.05, 3.63) is 39.7 Å². The molecule has 0 spiro atoms. The molecule has 0 radical (unpaired) electrons. The molecule has 26 heavy (non-hydrogen) atoms. The van der Waals surface area contributed by atoms with Gasteiger partial charge in [-0.05, 0) is 24.1 Å². The Morgan fingerprint density at radius 1 is 1.23 bits per heavy atom. The van der Waals surface area contributed by atoms with Crippen LogP contribution in [-0.2, 0) is 4.79 Å². The standard InChI is InChI=1S/C18H19N3O4S/c1-2-7-26-18-20-16-15(17(23)21-18)11(9-14(22)19-16)10-3-4-12-13(8-10)25-6-5-24-12/h3-4,8,11H,2,5-7,9H2,1H3,(H2,19,20,21,22,23). The summed E-state index contributed by atoms with van der Waals surface area (Å²) in [4.78, 5) is 32.2. The molecule has 0 saturated heterocycles. The van der Waals surface area contributed by atoms with Gasteiger partial charge in [-0.3, -0.25) is 9.59 Å². The Balaban J connectivity index is 1.75. The highest BCUT2D eigenvalue weighted by atomic mass is 32.2. The van der Waals surface area contributed by atoms with Crippen LogP contribution in [-0.4, -0.2) is 34.8 Å². The molecule has 0 fully saturated rings. The fraction of sp³-hybridized carbons (Fsp3) is 0.389. The van der Waals surface area contributed by atoms with Crippen molar-refractivity contribution in [3.63, 3.8) is 0 Å². The van der Waals surface area contributed by atoms with Gasteiger partial charge in [0.05, 0.1) is 5.56 Å². The lowest BCUT2D eigenvalue weighted by molar-refractivity contribution is -0.116. The normalized spacial score (nSPS) is 18.2. The Labute approximate surface area is 154 Å². The van der Waals surface area contributed by atoms with Crippen molar-refractivity contribution in [2.75, 3.05) is 24.3 Å². The van der Waals surface area contributed by atoms with Crippen LogP contribution in [0.25, 0.3) is 0 Å². The molecule has 136 valence electrons.